The average Bonchev–Trinajstić information content (AvgIpc) is 2.84. The van der Waals surface area contributed by atoms with Crippen LogP contribution in [0.25, 0.3) is 11.0 Å². The van der Waals surface area contributed by atoms with Gasteiger partial charge in [-0.25, -0.2) is 0 Å². The molecule has 0 saturated heterocycles. The minimum Gasteiger partial charge on any atom is -0.460 e. The second-order valence-corrected chi connectivity index (χ2v) is 5.52. The highest BCUT2D eigenvalue weighted by Crippen LogP contribution is 2.20. The zero-order valence-electron chi connectivity index (χ0n) is 13.1. The van der Waals surface area contributed by atoms with Crippen molar-refractivity contribution in [3.63, 3.8) is 0 Å². The lowest BCUT2D eigenvalue weighted by atomic mass is 10.2. The number of aryl methyl sites for hydroxylation is 1. The van der Waals surface area contributed by atoms with E-state index in [0.29, 0.717) is 6.04 Å². The molecule has 0 saturated carbocycles. The summed E-state index contributed by atoms with van der Waals surface area (Å²) >= 11 is 0. The van der Waals surface area contributed by atoms with Crippen LogP contribution in [0.4, 0.5) is 0 Å². The maximum atomic E-state index is 5.85. The van der Waals surface area contributed by atoms with Gasteiger partial charge in [0.1, 0.15) is 11.3 Å². The fourth-order valence-corrected chi connectivity index (χ4v) is 2.51. The zero-order chi connectivity index (χ0) is 14.5. The van der Waals surface area contributed by atoms with Gasteiger partial charge in [0.05, 0.1) is 6.54 Å². The number of benzene rings is 1. The van der Waals surface area contributed by atoms with Crippen molar-refractivity contribution in [2.75, 3.05) is 19.6 Å². The third-order valence-electron chi connectivity index (χ3n) is 3.77. The third-order valence-corrected chi connectivity index (χ3v) is 3.77. The number of nitrogens with one attached hydrogen (secondary N) is 1. The zero-order valence-corrected chi connectivity index (χ0v) is 13.1. The lowest BCUT2D eigenvalue weighted by Crippen LogP contribution is -2.38. The highest BCUT2D eigenvalue weighted by Gasteiger charge is 2.08. The van der Waals surface area contributed by atoms with Gasteiger partial charge in [-0.15, -0.1) is 0 Å². The predicted octanol–water partition coefficient (Wildman–Crippen LogP) is 3.56. The van der Waals surface area contributed by atoms with Crippen molar-refractivity contribution in [1.82, 2.24) is 10.2 Å². The van der Waals surface area contributed by atoms with E-state index < -0.39 is 0 Å². The molecule has 3 nitrogen and oxygen atoms in total. The molecule has 0 aliphatic rings. The smallest absolute Gasteiger partial charge is 0.134 e. The molecule has 2 aromatic rings. The van der Waals surface area contributed by atoms with Crippen LogP contribution in [0.15, 0.2) is 28.7 Å². The number of rotatable bonds is 7. The van der Waals surface area contributed by atoms with Crippen LogP contribution < -0.4 is 5.32 Å². The van der Waals surface area contributed by atoms with E-state index in [1.165, 1.54) is 10.9 Å². The normalized spacial score (nSPS) is 13.2. The number of fused-ring (bicyclic) bond motifs is 1. The molecule has 0 bridgehead atoms. The Balaban J connectivity index is 1.92. The molecule has 1 N–H and O–H groups in total. The summed E-state index contributed by atoms with van der Waals surface area (Å²) in [6.07, 6.45) is 0. The SMILES string of the molecule is CCN(CC)CC(C)NCc1cc2cc(C)ccc2o1. The molecule has 0 radical (unpaired) electrons. The van der Waals surface area contributed by atoms with Crippen LogP contribution in [0.2, 0.25) is 0 Å². The van der Waals surface area contributed by atoms with E-state index in [2.05, 4.69) is 56.1 Å². The summed E-state index contributed by atoms with van der Waals surface area (Å²) in [6.45, 7) is 12.8. The van der Waals surface area contributed by atoms with Crippen molar-refractivity contribution in [2.45, 2.75) is 40.3 Å². The Bertz CT molecular complexity index is 543. The second-order valence-electron chi connectivity index (χ2n) is 5.52. The monoisotopic (exact) mass is 274 g/mol. The summed E-state index contributed by atoms with van der Waals surface area (Å²) < 4.78 is 5.85. The van der Waals surface area contributed by atoms with Gasteiger partial charge >= 0.3 is 0 Å². The van der Waals surface area contributed by atoms with Crippen molar-refractivity contribution < 1.29 is 4.42 Å². The van der Waals surface area contributed by atoms with Crippen LogP contribution in [-0.4, -0.2) is 30.6 Å². The molecule has 2 rings (SSSR count). The summed E-state index contributed by atoms with van der Waals surface area (Å²) in [5.74, 6) is 1.01. The molecule has 1 heterocycles. The number of hydrogen-bond acceptors (Lipinski definition) is 3. The molecular formula is C17H26N2O. The first-order valence-electron chi connectivity index (χ1n) is 7.57. The molecule has 0 aliphatic heterocycles. The molecule has 1 atom stereocenters. The fourth-order valence-electron chi connectivity index (χ4n) is 2.51. The number of hydrogen-bond donors (Lipinski definition) is 1. The van der Waals surface area contributed by atoms with E-state index in [0.717, 1.165) is 37.5 Å². The minimum atomic E-state index is 0.463. The Morgan fingerprint density at radius 1 is 1.20 bits per heavy atom. The van der Waals surface area contributed by atoms with Crippen LogP contribution in [0, 0.1) is 6.92 Å². The fraction of sp³-hybridized carbons (Fsp3) is 0.529. The molecule has 0 spiro atoms. The molecule has 1 unspecified atom stereocenters. The van der Waals surface area contributed by atoms with E-state index in [-0.39, 0.29) is 0 Å². The summed E-state index contributed by atoms with van der Waals surface area (Å²) in [4.78, 5) is 2.43. The van der Waals surface area contributed by atoms with Gasteiger partial charge in [-0.3, -0.25) is 0 Å². The van der Waals surface area contributed by atoms with Crippen molar-refractivity contribution in [3.8, 4) is 0 Å². The standard InChI is InChI=1S/C17H26N2O/c1-5-19(6-2)12-14(4)18-11-16-10-15-9-13(3)7-8-17(15)20-16/h7-10,14,18H,5-6,11-12H2,1-4H3. The van der Waals surface area contributed by atoms with Crippen molar-refractivity contribution in [3.05, 3.63) is 35.6 Å². The molecule has 1 aromatic heterocycles. The van der Waals surface area contributed by atoms with Crippen molar-refractivity contribution in [2.24, 2.45) is 0 Å². The van der Waals surface area contributed by atoms with Gasteiger partial charge in [0, 0.05) is 18.0 Å². The maximum absolute atomic E-state index is 5.85. The quantitative estimate of drug-likeness (QED) is 0.837. The van der Waals surface area contributed by atoms with Gasteiger partial charge < -0.3 is 14.6 Å². The first-order chi connectivity index (χ1) is 9.62. The van der Waals surface area contributed by atoms with E-state index in [9.17, 15) is 0 Å². The van der Waals surface area contributed by atoms with Gasteiger partial charge in [-0.2, -0.15) is 0 Å². The predicted molar refractivity (Wildman–Crippen MR) is 85.0 cm³/mol. The van der Waals surface area contributed by atoms with Crippen LogP contribution in [0.3, 0.4) is 0 Å². The largest absolute Gasteiger partial charge is 0.460 e. The molecule has 0 amide bonds. The Hall–Kier alpha value is -1.32. The number of furan rings is 1. The number of likely N-dealkylation sites (N-methyl/N-ethyl adjacent to an activating group) is 1. The molecule has 20 heavy (non-hydrogen) atoms. The van der Waals surface area contributed by atoms with E-state index in [1.54, 1.807) is 0 Å². The van der Waals surface area contributed by atoms with Crippen molar-refractivity contribution >= 4 is 11.0 Å². The van der Waals surface area contributed by atoms with Crippen LogP contribution >= 0.6 is 0 Å². The molecule has 3 heteroatoms. The number of nitrogens with zero attached hydrogens (tertiary/aromatic N) is 1. The Kier molecular flexibility index (Phi) is 5.21. The molecule has 0 fully saturated rings. The summed E-state index contributed by atoms with van der Waals surface area (Å²) in [5, 5.41) is 4.73. The topological polar surface area (TPSA) is 28.4 Å². The van der Waals surface area contributed by atoms with Gasteiger partial charge in [0.25, 0.3) is 0 Å². The Labute approximate surface area is 122 Å². The summed E-state index contributed by atoms with van der Waals surface area (Å²) in [5.41, 5.74) is 2.25. The van der Waals surface area contributed by atoms with Crippen molar-refractivity contribution in [1.29, 1.82) is 0 Å². The van der Waals surface area contributed by atoms with Crippen LogP contribution in [0.5, 0.6) is 0 Å². The van der Waals surface area contributed by atoms with E-state index in [4.69, 9.17) is 4.42 Å². The third kappa shape index (κ3) is 3.84. The van der Waals surface area contributed by atoms with Gasteiger partial charge in [-0.05, 0) is 45.1 Å². The molecule has 1 aromatic carbocycles. The lowest BCUT2D eigenvalue weighted by Gasteiger charge is -2.23. The van der Waals surface area contributed by atoms with Crippen LogP contribution in [-0.2, 0) is 6.54 Å². The minimum absolute atomic E-state index is 0.463. The Morgan fingerprint density at radius 3 is 2.65 bits per heavy atom. The van der Waals surface area contributed by atoms with Gasteiger partial charge in [-0.1, -0.05) is 25.5 Å². The summed E-state index contributed by atoms with van der Waals surface area (Å²) in [6, 6.07) is 8.91. The first-order valence-corrected chi connectivity index (χ1v) is 7.57. The molecule has 110 valence electrons. The second kappa shape index (κ2) is 6.91. The van der Waals surface area contributed by atoms with Crippen LogP contribution in [0.1, 0.15) is 32.1 Å². The average molecular weight is 274 g/mol. The lowest BCUT2D eigenvalue weighted by molar-refractivity contribution is 0.268. The first kappa shape index (κ1) is 15.1. The van der Waals surface area contributed by atoms with E-state index >= 15 is 0 Å². The molecule has 0 aliphatic carbocycles. The summed E-state index contributed by atoms with van der Waals surface area (Å²) in [7, 11) is 0. The van der Waals surface area contributed by atoms with Gasteiger partial charge in [0.15, 0.2) is 0 Å². The van der Waals surface area contributed by atoms with E-state index in [1.807, 2.05) is 6.07 Å². The van der Waals surface area contributed by atoms with Gasteiger partial charge in [0.2, 0.25) is 0 Å². The molecular weight excluding hydrogens is 248 g/mol. The maximum Gasteiger partial charge on any atom is 0.134 e. The Morgan fingerprint density at radius 2 is 1.95 bits per heavy atom. The highest BCUT2D eigenvalue weighted by atomic mass is 16.3. The highest BCUT2D eigenvalue weighted by molar-refractivity contribution is 5.78.